The molecule has 1 fully saturated rings. The van der Waals surface area contributed by atoms with Gasteiger partial charge in [-0.1, -0.05) is 39.5 Å². The van der Waals surface area contributed by atoms with E-state index in [-0.39, 0.29) is 0 Å². The zero-order valence-corrected chi connectivity index (χ0v) is 13.4. The highest BCUT2D eigenvalue weighted by atomic mass is 15.1. The molecule has 1 aliphatic rings. The molecule has 0 bridgehead atoms. The van der Waals surface area contributed by atoms with Crippen molar-refractivity contribution in [3.8, 4) is 0 Å². The first-order chi connectivity index (χ1) is 9.36. The van der Waals surface area contributed by atoms with E-state index in [0.29, 0.717) is 0 Å². The summed E-state index contributed by atoms with van der Waals surface area (Å²) in [6.07, 6.45) is 13.8. The highest BCUT2D eigenvalue weighted by Gasteiger charge is 2.19. The zero-order valence-electron chi connectivity index (χ0n) is 13.4. The first-order valence-corrected chi connectivity index (χ1v) is 8.82. The molecule has 0 aliphatic heterocycles. The predicted octanol–water partition coefficient (Wildman–Crippen LogP) is 4.20. The maximum absolute atomic E-state index is 3.60. The second-order valence-electron chi connectivity index (χ2n) is 6.19. The Labute approximate surface area is 121 Å². The minimum absolute atomic E-state index is 0.888. The molecule has 2 heteroatoms. The number of rotatable bonds is 14. The van der Waals surface area contributed by atoms with E-state index in [9.17, 15) is 0 Å². The number of nitrogens with one attached hydrogen (secondary N) is 1. The first kappa shape index (κ1) is 17.0. The summed E-state index contributed by atoms with van der Waals surface area (Å²) >= 11 is 0. The molecule has 0 aromatic heterocycles. The molecule has 1 aliphatic carbocycles. The highest BCUT2D eigenvalue weighted by Crippen LogP contribution is 2.18. The third kappa shape index (κ3) is 10.4. The fraction of sp³-hybridized carbons (Fsp3) is 1.00. The Bertz CT molecular complexity index is 182. The van der Waals surface area contributed by atoms with Gasteiger partial charge in [0.15, 0.2) is 0 Å². The lowest BCUT2D eigenvalue weighted by Gasteiger charge is -2.21. The SMILES string of the molecule is CCCCN(CCCC)CCCCCCNC1CC1. The molecule has 0 amide bonds. The van der Waals surface area contributed by atoms with Crippen molar-refractivity contribution in [2.45, 2.75) is 84.1 Å². The van der Waals surface area contributed by atoms with Crippen LogP contribution in [0.1, 0.15) is 78.1 Å². The molecule has 0 aromatic carbocycles. The molecule has 1 saturated carbocycles. The lowest BCUT2D eigenvalue weighted by Crippen LogP contribution is -2.27. The summed E-state index contributed by atoms with van der Waals surface area (Å²) in [7, 11) is 0. The van der Waals surface area contributed by atoms with Crippen LogP contribution in [0.4, 0.5) is 0 Å². The molecular formula is C17H36N2. The van der Waals surface area contributed by atoms with Crippen LogP contribution in [-0.2, 0) is 0 Å². The molecular weight excluding hydrogens is 232 g/mol. The van der Waals surface area contributed by atoms with Gasteiger partial charge in [0.25, 0.3) is 0 Å². The Kier molecular flexibility index (Phi) is 10.5. The summed E-state index contributed by atoms with van der Waals surface area (Å²) in [6, 6.07) is 0.888. The highest BCUT2D eigenvalue weighted by molar-refractivity contribution is 4.80. The fourth-order valence-electron chi connectivity index (χ4n) is 2.51. The van der Waals surface area contributed by atoms with Crippen LogP contribution in [0.25, 0.3) is 0 Å². The predicted molar refractivity (Wildman–Crippen MR) is 85.7 cm³/mol. The molecule has 0 aromatic rings. The third-order valence-electron chi connectivity index (χ3n) is 4.07. The molecule has 1 rings (SSSR count). The van der Waals surface area contributed by atoms with Gasteiger partial charge in [0.1, 0.15) is 0 Å². The normalized spacial score (nSPS) is 15.3. The molecule has 19 heavy (non-hydrogen) atoms. The average Bonchev–Trinajstić information content (AvgIpc) is 3.24. The van der Waals surface area contributed by atoms with E-state index in [1.54, 1.807) is 0 Å². The second kappa shape index (κ2) is 11.7. The van der Waals surface area contributed by atoms with Crippen LogP contribution in [0.5, 0.6) is 0 Å². The zero-order chi connectivity index (χ0) is 13.8. The van der Waals surface area contributed by atoms with Crippen LogP contribution in [0.2, 0.25) is 0 Å². The van der Waals surface area contributed by atoms with Crippen LogP contribution in [0.15, 0.2) is 0 Å². The summed E-state index contributed by atoms with van der Waals surface area (Å²) in [4.78, 5) is 2.69. The van der Waals surface area contributed by atoms with Crippen molar-refractivity contribution >= 4 is 0 Å². The van der Waals surface area contributed by atoms with Crippen LogP contribution < -0.4 is 5.32 Å². The van der Waals surface area contributed by atoms with Gasteiger partial charge in [0.05, 0.1) is 0 Å². The monoisotopic (exact) mass is 268 g/mol. The Balaban J connectivity index is 1.89. The molecule has 0 unspecified atom stereocenters. The number of nitrogens with zero attached hydrogens (tertiary/aromatic N) is 1. The van der Waals surface area contributed by atoms with Crippen LogP contribution in [0.3, 0.4) is 0 Å². The maximum Gasteiger partial charge on any atom is 0.00682 e. The van der Waals surface area contributed by atoms with Gasteiger partial charge >= 0.3 is 0 Å². The Morgan fingerprint density at radius 1 is 0.789 bits per heavy atom. The van der Waals surface area contributed by atoms with Crippen molar-refractivity contribution in [2.75, 3.05) is 26.2 Å². The lowest BCUT2D eigenvalue weighted by molar-refractivity contribution is 0.259. The van der Waals surface area contributed by atoms with E-state index in [2.05, 4.69) is 24.1 Å². The molecule has 114 valence electrons. The number of hydrogen-bond acceptors (Lipinski definition) is 2. The maximum atomic E-state index is 3.60. The minimum Gasteiger partial charge on any atom is -0.314 e. The van der Waals surface area contributed by atoms with Crippen molar-refractivity contribution in [1.82, 2.24) is 10.2 Å². The Morgan fingerprint density at radius 2 is 1.37 bits per heavy atom. The first-order valence-electron chi connectivity index (χ1n) is 8.82. The van der Waals surface area contributed by atoms with Gasteiger partial charge in [-0.2, -0.15) is 0 Å². The summed E-state index contributed by atoms with van der Waals surface area (Å²) < 4.78 is 0. The summed E-state index contributed by atoms with van der Waals surface area (Å²) in [5.41, 5.74) is 0. The van der Waals surface area contributed by atoms with E-state index in [1.807, 2.05) is 0 Å². The molecule has 0 atom stereocenters. The quantitative estimate of drug-likeness (QED) is 0.475. The van der Waals surface area contributed by atoms with Crippen LogP contribution >= 0.6 is 0 Å². The largest absolute Gasteiger partial charge is 0.314 e. The molecule has 0 radical (unpaired) electrons. The standard InChI is InChI=1S/C17H36N2/c1-3-5-14-19(15-6-4-2)16-10-8-7-9-13-18-17-11-12-17/h17-18H,3-16H2,1-2H3. The summed E-state index contributed by atoms with van der Waals surface area (Å²) in [5.74, 6) is 0. The van der Waals surface area contributed by atoms with Crippen LogP contribution in [-0.4, -0.2) is 37.1 Å². The lowest BCUT2D eigenvalue weighted by atomic mass is 10.1. The summed E-state index contributed by atoms with van der Waals surface area (Å²) in [5, 5.41) is 3.60. The molecule has 0 heterocycles. The van der Waals surface area contributed by atoms with E-state index in [0.717, 1.165) is 6.04 Å². The van der Waals surface area contributed by atoms with Gasteiger partial charge in [-0.3, -0.25) is 0 Å². The Morgan fingerprint density at radius 3 is 1.95 bits per heavy atom. The van der Waals surface area contributed by atoms with Gasteiger partial charge < -0.3 is 10.2 Å². The van der Waals surface area contributed by atoms with Crippen molar-refractivity contribution in [2.24, 2.45) is 0 Å². The fourth-order valence-corrected chi connectivity index (χ4v) is 2.51. The van der Waals surface area contributed by atoms with Crippen molar-refractivity contribution in [3.05, 3.63) is 0 Å². The van der Waals surface area contributed by atoms with Gasteiger partial charge in [0.2, 0.25) is 0 Å². The third-order valence-corrected chi connectivity index (χ3v) is 4.07. The molecule has 1 N–H and O–H groups in total. The number of unbranched alkanes of at least 4 members (excludes halogenated alkanes) is 5. The average molecular weight is 268 g/mol. The van der Waals surface area contributed by atoms with Crippen molar-refractivity contribution < 1.29 is 0 Å². The van der Waals surface area contributed by atoms with Crippen molar-refractivity contribution in [3.63, 3.8) is 0 Å². The number of hydrogen-bond donors (Lipinski definition) is 1. The van der Waals surface area contributed by atoms with E-state index >= 15 is 0 Å². The van der Waals surface area contributed by atoms with Gasteiger partial charge in [0, 0.05) is 6.04 Å². The summed E-state index contributed by atoms with van der Waals surface area (Å²) in [6.45, 7) is 9.81. The topological polar surface area (TPSA) is 15.3 Å². The molecule has 0 saturated heterocycles. The van der Waals surface area contributed by atoms with E-state index < -0.39 is 0 Å². The van der Waals surface area contributed by atoms with Gasteiger partial charge in [-0.15, -0.1) is 0 Å². The van der Waals surface area contributed by atoms with Crippen LogP contribution in [0, 0.1) is 0 Å². The van der Waals surface area contributed by atoms with E-state index in [1.165, 1.54) is 90.4 Å². The van der Waals surface area contributed by atoms with E-state index in [4.69, 9.17) is 0 Å². The molecule has 2 nitrogen and oxygen atoms in total. The van der Waals surface area contributed by atoms with Gasteiger partial charge in [-0.05, 0) is 64.7 Å². The smallest absolute Gasteiger partial charge is 0.00682 e. The minimum atomic E-state index is 0.888. The van der Waals surface area contributed by atoms with Gasteiger partial charge in [-0.25, -0.2) is 0 Å². The Hall–Kier alpha value is -0.0800. The second-order valence-corrected chi connectivity index (χ2v) is 6.19. The molecule has 0 spiro atoms. The van der Waals surface area contributed by atoms with Crippen molar-refractivity contribution in [1.29, 1.82) is 0 Å².